The molecule has 134 valence electrons. The monoisotopic (exact) mass is 351 g/mol. The minimum atomic E-state index is -0.140. The highest BCUT2D eigenvalue weighted by atomic mass is 19.1. The van der Waals surface area contributed by atoms with Crippen LogP contribution in [0, 0.1) is 5.82 Å². The predicted molar refractivity (Wildman–Crippen MR) is 98.7 cm³/mol. The van der Waals surface area contributed by atoms with Crippen LogP contribution in [-0.4, -0.2) is 35.3 Å². The molecule has 4 rings (SSSR count). The Labute approximate surface area is 152 Å². The zero-order valence-corrected chi connectivity index (χ0v) is 14.7. The maximum atomic E-state index is 14.1. The van der Waals surface area contributed by atoms with Crippen LogP contribution in [0.2, 0.25) is 0 Å². The van der Waals surface area contributed by atoms with Crippen LogP contribution in [0.1, 0.15) is 28.7 Å². The number of likely N-dealkylation sites (tertiary alicyclic amines) is 1. The molecule has 2 aromatic carbocycles. The van der Waals surface area contributed by atoms with Gasteiger partial charge in [-0.05, 0) is 29.8 Å². The van der Waals surface area contributed by atoms with Gasteiger partial charge in [0.2, 0.25) is 0 Å². The lowest BCUT2D eigenvalue weighted by atomic mass is 9.87. The first kappa shape index (κ1) is 16.8. The summed E-state index contributed by atoms with van der Waals surface area (Å²) in [4.78, 5) is 2.32. The number of halogens is 1. The molecule has 0 spiro atoms. The van der Waals surface area contributed by atoms with E-state index in [-0.39, 0.29) is 5.82 Å². The van der Waals surface area contributed by atoms with Crippen LogP contribution in [0.5, 0.6) is 5.75 Å². The van der Waals surface area contributed by atoms with E-state index < -0.39 is 0 Å². The molecule has 1 aliphatic rings. The third-order valence-electron chi connectivity index (χ3n) is 5.21. The van der Waals surface area contributed by atoms with E-state index in [2.05, 4.69) is 27.2 Å². The fourth-order valence-electron chi connectivity index (χ4n) is 3.86. The molecule has 1 N–H and O–H groups in total. The summed E-state index contributed by atoms with van der Waals surface area (Å²) in [5.74, 6) is 1.34. The van der Waals surface area contributed by atoms with Crippen LogP contribution in [-0.2, 0) is 6.54 Å². The number of hydrogen-bond acceptors (Lipinski definition) is 3. The topological polar surface area (TPSA) is 41.1 Å². The summed E-state index contributed by atoms with van der Waals surface area (Å²) < 4.78 is 19.3. The number of ether oxygens (including phenoxy) is 1. The average Bonchev–Trinajstić information content (AvgIpc) is 3.33. The van der Waals surface area contributed by atoms with E-state index in [9.17, 15) is 4.39 Å². The number of nitrogens with one attached hydrogen (secondary N) is 1. The van der Waals surface area contributed by atoms with E-state index in [0.717, 1.165) is 30.1 Å². The normalized spacial score (nSPS) is 20.4. The summed E-state index contributed by atoms with van der Waals surface area (Å²) in [6, 6.07) is 17.3. The lowest BCUT2D eigenvalue weighted by Gasteiger charge is -2.18. The Hall–Kier alpha value is -2.66. The highest BCUT2D eigenvalue weighted by Crippen LogP contribution is 2.39. The van der Waals surface area contributed by atoms with Crippen molar-refractivity contribution < 1.29 is 9.13 Å². The number of aromatic amines is 1. The Balaban J connectivity index is 1.59. The van der Waals surface area contributed by atoms with E-state index in [4.69, 9.17) is 4.74 Å². The van der Waals surface area contributed by atoms with Gasteiger partial charge < -0.3 is 4.74 Å². The summed E-state index contributed by atoms with van der Waals surface area (Å²) in [7, 11) is 1.67. The maximum absolute atomic E-state index is 14.1. The summed E-state index contributed by atoms with van der Waals surface area (Å²) in [5, 5.41) is 7.24. The van der Waals surface area contributed by atoms with Crippen LogP contribution in [0.15, 0.2) is 60.8 Å². The zero-order valence-electron chi connectivity index (χ0n) is 14.7. The highest BCUT2D eigenvalue weighted by Gasteiger charge is 2.35. The molecular formula is C21H22FN3O. The standard InChI is InChI=1S/C21H22FN3O/c1-26-17-8-6-15(7-9-17)18-13-25(12-16-4-2-3-5-20(16)22)14-19(18)21-10-11-23-24-21/h2-11,18-19H,12-14H2,1H3,(H,23,24)/t18-,19+/m0/s1. The van der Waals surface area contributed by atoms with Gasteiger partial charge in [-0.1, -0.05) is 30.3 Å². The van der Waals surface area contributed by atoms with Crippen molar-refractivity contribution >= 4 is 0 Å². The molecule has 0 saturated carbocycles. The van der Waals surface area contributed by atoms with Crippen molar-refractivity contribution in [3.8, 4) is 5.75 Å². The van der Waals surface area contributed by atoms with Gasteiger partial charge >= 0.3 is 0 Å². The van der Waals surface area contributed by atoms with Crippen molar-refractivity contribution in [2.45, 2.75) is 18.4 Å². The minimum Gasteiger partial charge on any atom is -0.497 e. The van der Waals surface area contributed by atoms with Crippen molar-refractivity contribution in [3.05, 3.63) is 83.4 Å². The van der Waals surface area contributed by atoms with Crippen LogP contribution >= 0.6 is 0 Å². The largest absolute Gasteiger partial charge is 0.497 e. The van der Waals surface area contributed by atoms with Crippen molar-refractivity contribution in [1.82, 2.24) is 15.1 Å². The summed E-state index contributed by atoms with van der Waals surface area (Å²) in [5.41, 5.74) is 3.13. The second-order valence-electron chi connectivity index (χ2n) is 6.78. The van der Waals surface area contributed by atoms with Gasteiger partial charge in [0.25, 0.3) is 0 Å². The molecule has 1 aromatic heterocycles. The van der Waals surface area contributed by atoms with E-state index in [1.807, 2.05) is 30.3 Å². The molecule has 4 nitrogen and oxygen atoms in total. The third-order valence-corrected chi connectivity index (χ3v) is 5.21. The van der Waals surface area contributed by atoms with E-state index in [1.165, 1.54) is 11.6 Å². The lowest BCUT2D eigenvalue weighted by molar-refractivity contribution is 0.317. The molecule has 0 bridgehead atoms. The smallest absolute Gasteiger partial charge is 0.127 e. The lowest BCUT2D eigenvalue weighted by Crippen LogP contribution is -2.20. The van der Waals surface area contributed by atoms with Crippen LogP contribution in [0.4, 0.5) is 4.39 Å². The molecule has 1 fully saturated rings. The van der Waals surface area contributed by atoms with Gasteiger partial charge in [0.15, 0.2) is 0 Å². The van der Waals surface area contributed by atoms with Crippen molar-refractivity contribution in [2.24, 2.45) is 0 Å². The number of nitrogens with zero attached hydrogens (tertiary/aromatic N) is 2. The molecule has 3 aromatic rings. The Morgan fingerprint density at radius 3 is 2.54 bits per heavy atom. The number of H-pyrrole nitrogens is 1. The molecule has 1 saturated heterocycles. The minimum absolute atomic E-state index is 0.140. The van der Waals surface area contributed by atoms with Crippen LogP contribution in [0.3, 0.4) is 0 Å². The van der Waals surface area contributed by atoms with Gasteiger partial charge in [0.1, 0.15) is 11.6 Å². The Morgan fingerprint density at radius 1 is 1.08 bits per heavy atom. The molecule has 5 heteroatoms. The van der Waals surface area contributed by atoms with Crippen molar-refractivity contribution in [3.63, 3.8) is 0 Å². The van der Waals surface area contributed by atoms with Crippen LogP contribution in [0.25, 0.3) is 0 Å². The van der Waals surface area contributed by atoms with Gasteiger partial charge in [-0.2, -0.15) is 5.10 Å². The molecule has 2 atom stereocenters. The first-order valence-electron chi connectivity index (χ1n) is 8.83. The zero-order chi connectivity index (χ0) is 17.9. The Bertz CT molecular complexity index is 848. The molecule has 2 heterocycles. The number of benzene rings is 2. The fraction of sp³-hybridized carbons (Fsp3) is 0.286. The first-order valence-corrected chi connectivity index (χ1v) is 8.83. The maximum Gasteiger partial charge on any atom is 0.127 e. The first-order chi connectivity index (χ1) is 12.7. The Kier molecular flexibility index (Phi) is 4.71. The quantitative estimate of drug-likeness (QED) is 0.757. The fourth-order valence-corrected chi connectivity index (χ4v) is 3.86. The molecule has 0 amide bonds. The second kappa shape index (κ2) is 7.30. The highest BCUT2D eigenvalue weighted by molar-refractivity contribution is 5.33. The van der Waals surface area contributed by atoms with Gasteiger partial charge in [0, 0.05) is 48.9 Å². The van der Waals surface area contributed by atoms with Gasteiger partial charge in [0.05, 0.1) is 7.11 Å². The SMILES string of the molecule is COc1ccc([C@@H]2CN(Cc3ccccc3F)C[C@H]2c2ccn[nH]2)cc1. The number of aromatic nitrogens is 2. The predicted octanol–water partition coefficient (Wildman–Crippen LogP) is 3.94. The number of hydrogen-bond donors (Lipinski definition) is 1. The molecule has 26 heavy (non-hydrogen) atoms. The van der Waals surface area contributed by atoms with Gasteiger partial charge in [-0.3, -0.25) is 10.00 Å². The summed E-state index contributed by atoms with van der Waals surface area (Å²) >= 11 is 0. The molecule has 0 radical (unpaired) electrons. The van der Waals surface area contributed by atoms with E-state index >= 15 is 0 Å². The van der Waals surface area contributed by atoms with Crippen molar-refractivity contribution in [2.75, 3.05) is 20.2 Å². The van der Waals surface area contributed by atoms with Crippen LogP contribution < -0.4 is 4.74 Å². The average molecular weight is 351 g/mol. The van der Waals surface area contributed by atoms with Crippen molar-refractivity contribution in [1.29, 1.82) is 0 Å². The summed E-state index contributed by atoms with van der Waals surface area (Å²) in [6.07, 6.45) is 1.79. The number of methoxy groups -OCH3 is 1. The third kappa shape index (κ3) is 3.35. The number of rotatable bonds is 5. The van der Waals surface area contributed by atoms with Gasteiger partial charge in [-0.15, -0.1) is 0 Å². The van der Waals surface area contributed by atoms with E-state index in [1.54, 1.807) is 19.4 Å². The van der Waals surface area contributed by atoms with Gasteiger partial charge in [-0.25, -0.2) is 4.39 Å². The Morgan fingerprint density at radius 2 is 1.85 bits per heavy atom. The molecule has 0 aliphatic carbocycles. The molecule has 0 unspecified atom stereocenters. The second-order valence-corrected chi connectivity index (χ2v) is 6.78. The molecule has 1 aliphatic heterocycles. The van der Waals surface area contributed by atoms with E-state index in [0.29, 0.717) is 18.4 Å². The summed E-state index contributed by atoms with van der Waals surface area (Å²) in [6.45, 7) is 2.36. The molecular weight excluding hydrogens is 329 g/mol.